The maximum Gasteiger partial charge on any atom is 0.310 e. The maximum absolute atomic E-state index is 11.2. The predicted octanol–water partition coefficient (Wildman–Crippen LogP) is 5.02. The minimum absolute atomic E-state index is 0.580. The summed E-state index contributed by atoms with van der Waals surface area (Å²) in [5, 5.41) is 13.0. The summed E-state index contributed by atoms with van der Waals surface area (Å²) in [4.78, 5) is 21.6. The molecule has 5 nitrogen and oxygen atoms in total. The van der Waals surface area contributed by atoms with Crippen LogP contribution in [0.25, 0.3) is 6.08 Å². The fraction of sp³-hybridized carbons (Fsp3) is 0.630. The Hall–Kier alpha value is -1.98. The number of nitrogens with one attached hydrogen (secondary N) is 1. The molecule has 0 unspecified atom stereocenters. The van der Waals surface area contributed by atoms with Gasteiger partial charge in [-0.3, -0.25) is 4.79 Å². The van der Waals surface area contributed by atoms with Crippen LogP contribution in [0.5, 0.6) is 0 Å². The molecule has 0 aromatic heterocycles. The van der Waals surface area contributed by atoms with Crippen molar-refractivity contribution in [3.05, 3.63) is 42.0 Å². The van der Waals surface area contributed by atoms with E-state index in [0.29, 0.717) is 12.0 Å². The number of allylic oxidation sites excluding steroid dienone is 1. The van der Waals surface area contributed by atoms with Crippen LogP contribution in [0, 0.1) is 10.8 Å². The van der Waals surface area contributed by atoms with Gasteiger partial charge >= 0.3 is 5.97 Å². The normalized spacial score (nSPS) is 20.6. The number of nitrogens with zero attached hydrogens (tertiary/aromatic N) is 1. The molecule has 5 heteroatoms. The van der Waals surface area contributed by atoms with Gasteiger partial charge in [-0.2, -0.15) is 0 Å². The summed E-state index contributed by atoms with van der Waals surface area (Å²) < 4.78 is 0. The van der Waals surface area contributed by atoms with E-state index >= 15 is 0 Å². The van der Waals surface area contributed by atoms with Gasteiger partial charge < -0.3 is 20.1 Å². The van der Waals surface area contributed by atoms with Gasteiger partial charge in [0, 0.05) is 18.6 Å². The Balaban J connectivity index is 0.000000255. The number of carbonyl (C=O) groups is 2. The molecule has 2 aliphatic carbocycles. The third kappa shape index (κ3) is 8.18. The number of hydrogen-bond acceptors (Lipinski definition) is 4. The van der Waals surface area contributed by atoms with E-state index in [-0.39, 0.29) is 0 Å². The van der Waals surface area contributed by atoms with Gasteiger partial charge in [0.25, 0.3) is 0 Å². The molecule has 4 rings (SSSR count). The average Bonchev–Trinajstić information content (AvgIpc) is 3.59. The molecule has 3 fully saturated rings. The lowest BCUT2D eigenvalue weighted by molar-refractivity contribution is -0.148. The molecule has 1 aromatic rings. The summed E-state index contributed by atoms with van der Waals surface area (Å²) in [6.45, 7) is 10.6. The Morgan fingerprint density at radius 1 is 1.16 bits per heavy atom. The second-order valence-electron chi connectivity index (χ2n) is 10.2. The number of carboxylic acid groups (broad SMARTS) is 1. The zero-order valence-electron chi connectivity index (χ0n) is 20.2. The highest BCUT2D eigenvalue weighted by atomic mass is 16.4. The van der Waals surface area contributed by atoms with E-state index < -0.39 is 11.4 Å². The highest BCUT2D eigenvalue weighted by Crippen LogP contribution is 2.50. The fourth-order valence-corrected chi connectivity index (χ4v) is 4.73. The third-order valence-electron chi connectivity index (χ3n) is 6.87. The monoisotopic (exact) mass is 442 g/mol. The molecular formula is C27H42N2O3. The summed E-state index contributed by atoms with van der Waals surface area (Å²) in [5.41, 5.74) is 1.24. The summed E-state index contributed by atoms with van der Waals surface area (Å²) in [7, 11) is 0. The van der Waals surface area contributed by atoms with Gasteiger partial charge in [-0.15, -0.1) is 0 Å². The first-order valence-electron chi connectivity index (χ1n) is 12.0. The number of hydrogen-bond donors (Lipinski definition) is 2. The number of benzene rings is 1. The minimum atomic E-state index is -0.685. The first-order chi connectivity index (χ1) is 15.3. The van der Waals surface area contributed by atoms with Crippen LogP contribution in [0.3, 0.4) is 0 Å². The molecule has 0 bridgehead atoms. The van der Waals surface area contributed by atoms with Crippen molar-refractivity contribution in [3.8, 4) is 0 Å². The van der Waals surface area contributed by atoms with Crippen molar-refractivity contribution < 1.29 is 14.7 Å². The van der Waals surface area contributed by atoms with E-state index in [9.17, 15) is 9.90 Å². The van der Waals surface area contributed by atoms with Gasteiger partial charge in [-0.05, 0) is 82.9 Å². The van der Waals surface area contributed by atoms with Crippen LogP contribution < -0.4 is 5.32 Å². The molecule has 1 heterocycles. The molecule has 2 saturated carbocycles. The van der Waals surface area contributed by atoms with E-state index in [2.05, 4.69) is 53.6 Å². The lowest BCUT2D eigenvalue weighted by Crippen LogP contribution is -2.55. The predicted molar refractivity (Wildman–Crippen MR) is 132 cm³/mol. The largest absolute Gasteiger partial charge is 0.481 e. The summed E-state index contributed by atoms with van der Waals surface area (Å²) in [5.74, 6) is -0.685. The molecular weight excluding hydrogens is 400 g/mol. The van der Waals surface area contributed by atoms with Crippen molar-refractivity contribution in [2.24, 2.45) is 10.8 Å². The minimum Gasteiger partial charge on any atom is -0.481 e. The molecule has 32 heavy (non-hydrogen) atoms. The number of rotatable bonds is 7. The third-order valence-corrected chi connectivity index (χ3v) is 6.87. The Bertz CT molecular complexity index is 712. The number of likely N-dealkylation sites (tertiary alicyclic amines) is 1. The molecule has 0 amide bonds. The second kappa shape index (κ2) is 12.3. The molecule has 178 valence electrons. The Kier molecular flexibility index (Phi) is 10.1. The van der Waals surface area contributed by atoms with Gasteiger partial charge in [-0.1, -0.05) is 49.4 Å². The lowest BCUT2D eigenvalue weighted by Gasteiger charge is -2.53. The lowest BCUT2D eigenvalue weighted by atomic mass is 9.60. The SMILES string of the molecule is C=O.CC(C)(CN1CCC2(CC1)CC(NC1CC1)C2)C(=O)O.CC/C=C\c1ccccc1. The highest BCUT2D eigenvalue weighted by molar-refractivity contribution is 5.73. The first kappa shape index (κ1) is 26.3. The number of piperidine rings is 1. The number of carbonyl (C=O) groups excluding carboxylic acids is 1. The van der Waals surface area contributed by atoms with Crippen molar-refractivity contribution in [2.45, 2.75) is 77.8 Å². The fourth-order valence-electron chi connectivity index (χ4n) is 4.73. The molecule has 1 aromatic carbocycles. The zero-order chi connectivity index (χ0) is 23.6. The Morgan fingerprint density at radius 2 is 1.75 bits per heavy atom. The molecule has 0 radical (unpaired) electrons. The standard InChI is InChI=1S/C16H28N2O2.C10H12.CH2O/c1-15(2,14(19)20)11-18-7-5-16(6-8-18)9-13(10-16)17-12-3-4-12;1-2-3-7-10-8-5-4-6-9-10;1-2/h12-13,17H,3-11H2,1-2H3,(H,19,20);3-9H,2H2,1H3;1H2/b;7-3-;. The van der Waals surface area contributed by atoms with Crippen molar-refractivity contribution in [2.75, 3.05) is 19.6 Å². The Morgan fingerprint density at radius 3 is 2.25 bits per heavy atom. The van der Waals surface area contributed by atoms with Gasteiger partial charge in [0.2, 0.25) is 0 Å². The molecule has 0 atom stereocenters. The van der Waals surface area contributed by atoms with Gasteiger partial charge in [0.1, 0.15) is 6.79 Å². The topological polar surface area (TPSA) is 69.6 Å². The second-order valence-corrected chi connectivity index (χ2v) is 10.2. The van der Waals surface area contributed by atoms with Gasteiger partial charge in [0.05, 0.1) is 5.41 Å². The summed E-state index contributed by atoms with van der Waals surface area (Å²) in [6, 6.07) is 11.9. The van der Waals surface area contributed by atoms with E-state index in [1.807, 2.05) is 26.7 Å². The van der Waals surface area contributed by atoms with Crippen molar-refractivity contribution >= 4 is 18.8 Å². The smallest absolute Gasteiger partial charge is 0.310 e. The van der Waals surface area contributed by atoms with E-state index in [0.717, 1.165) is 31.6 Å². The Labute approximate surface area is 194 Å². The average molecular weight is 443 g/mol. The molecule has 3 aliphatic rings. The molecule has 1 aliphatic heterocycles. The maximum atomic E-state index is 11.2. The molecule has 1 spiro atoms. The van der Waals surface area contributed by atoms with E-state index in [4.69, 9.17) is 4.79 Å². The van der Waals surface area contributed by atoms with E-state index in [1.54, 1.807) is 0 Å². The van der Waals surface area contributed by atoms with Crippen LogP contribution in [0.4, 0.5) is 0 Å². The van der Waals surface area contributed by atoms with E-state index in [1.165, 1.54) is 44.1 Å². The van der Waals surface area contributed by atoms with Crippen LogP contribution in [-0.4, -0.2) is 54.5 Å². The highest BCUT2D eigenvalue weighted by Gasteiger charge is 2.47. The van der Waals surface area contributed by atoms with Crippen molar-refractivity contribution in [1.82, 2.24) is 10.2 Å². The number of aliphatic carboxylic acids is 1. The van der Waals surface area contributed by atoms with Crippen LogP contribution in [0.15, 0.2) is 36.4 Å². The van der Waals surface area contributed by atoms with Crippen LogP contribution in [0.1, 0.15) is 71.3 Å². The summed E-state index contributed by atoms with van der Waals surface area (Å²) in [6.07, 6.45) is 13.4. The van der Waals surface area contributed by atoms with Crippen LogP contribution in [0.2, 0.25) is 0 Å². The van der Waals surface area contributed by atoms with Crippen molar-refractivity contribution in [3.63, 3.8) is 0 Å². The van der Waals surface area contributed by atoms with Crippen LogP contribution in [-0.2, 0) is 9.59 Å². The van der Waals surface area contributed by atoms with Crippen molar-refractivity contribution in [1.29, 1.82) is 0 Å². The summed E-state index contributed by atoms with van der Waals surface area (Å²) >= 11 is 0. The first-order valence-corrected chi connectivity index (χ1v) is 12.0. The molecule has 1 saturated heterocycles. The van der Waals surface area contributed by atoms with Crippen LogP contribution >= 0.6 is 0 Å². The molecule has 2 N–H and O–H groups in total. The zero-order valence-corrected chi connectivity index (χ0v) is 20.2. The quantitative estimate of drug-likeness (QED) is 0.621. The van der Waals surface area contributed by atoms with Gasteiger partial charge in [0.15, 0.2) is 0 Å². The van der Waals surface area contributed by atoms with Gasteiger partial charge in [-0.25, -0.2) is 0 Å². The number of carboxylic acids is 1.